The fourth-order valence-corrected chi connectivity index (χ4v) is 4.56. The lowest BCUT2D eigenvalue weighted by atomic mass is 10.1. The number of nitrogens with zero attached hydrogens (tertiary/aromatic N) is 3. The van der Waals surface area contributed by atoms with Crippen LogP contribution in [0.1, 0.15) is 22.8 Å². The van der Waals surface area contributed by atoms with Crippen molar-refractivity contribution in [3.8, 4) is 0 Å². The number of aromatic nitrogens is 3. The van der Waals surface area contributed by atoms with Gasteiger partial charge >= 0.3 is 0 Å². The van der Waals surface area contributed by atoms with Gasteiger partial charge in [0.2, 0.25) is 10.9 Å². The number of hydrogen-bond acceptors (Lipinski definition) is 6. The van der Waals surface area contributed by atoms with Gasteiger partial charge in [-0.3, -0.25) is 14.0 Å². The Kier molecular flexibility index (Phi) is 4.91. The van der Waals surface area contributed by atoms with E-state index >= 15 is 0 Å². The molecule has 1 amide bonds. The van der Waals surface area contributed by atoms with E-state index in [9.17, 15) is 9.59 Å². The first-order valence-corrected chi connectivity index (χ1v) is 10.1. The molecule has 0 bridgehead atoms. The third-order valence-corrected chi connectivity index (χ3v) is 6.00. The summed E-state index contributed by atoms with van der Waals surface area (Å²) in [7, 11) is 0. The van der Waals surface area contributed by atoms with Gasteiger partial charge in [0.1, 0.15) is 0 Å². The van der Waals surface area contributed by atoms with Crippen LogP contribution in [0.4, 0.5) is 0 Å². The molecule has 0 spiro atoms. The van der Waals surface area contributed by atoms with E-state index < -0.39 is 0 Å². The summed E-state index contributed by atoms with van der Waals surface area (Å²) in [5, 5.41) is 11.9. The highest BCUT2D eigenvalue weighted by molar-refractivity contribution is 7.99. The van der Waals surface area contributed by atoms with E-state index in [0.717, 1.165) is 25.9 Å². The highest BCUT2D eigenvalue weighted by atomic mass is 32.2. The monoisotopic (exact) mass is 396 g/mol. The zero-order valence-electron chi connectivity index (χ0n) is 14.5. The molecule has 27 heavy (non-hydrogen) atoms. The molecule has 0 radical (unpaired) electrons. The number of amides is 1. The second-order valence-electron chi connectivity index (χ2n) is 5.99. The van der Waals surface area contributed by atoms with E-state index in [1.54, 1.807) is 23.5 Å². The van der Waals surface area contributed by atoms with Gasteiger partial charge in [0.05, 0.1) is 16.0 Å². The molecule has 6 nitrogen and oxygen atoms in total. The molecule has 0 saturated heterocycles. The van der Waals surface area contributed by atoms with Gasteiger partial charge in [-0.1, -0.05) is 59.5 Å². The highest BCUT2D eigenvalue weighted by Gasteiger charge is 2.14. The van der Waals surface area contributed by atoms with Crippen molar-refractivity contribution < 1.29 is 9.59 Å². The maximum atomic E-state index is 12.5. The summed E-state index contributed by atoms with van der Waals surface area (Å²) < 4.78 is 3.14. The predicted octanol–water partition coefficient (Wildman–Crippen LogP) is 3.56. The van der Waals surface area contributed by atoms with E-state index in [1.807, 2.05) is 34.7 Å². The molecule has 2 aromatic carbocycles. The number of thioether (sulfide) groups is 1. The minimum Gasteiger partial charge on any atom is -0.352 e. The Morgan fingerprint density at radius 1 is 1.11 bits per heavy atom. The van der Waals surface area contributed by atoms with Gasteiger partial charge in [-0.25, -0.2) is 0 Å². The number of carbonyl (C=O) groups excluding carboxylic acids is 2. The number of hydrogen-bond donors (Lipinski definition) is 1. The topological polar surface area (TPSA) is 76.4 Å². The van der Waals surface area contributed by atoms with Gasteiger partial charge in [-0.15, -0.1) is 10.2 Å². The van der Waals surface area contributed by atoms with Crippen LogP contribution in [0.3, 0.4) is 0 Å². The molecule has 136 valence electrons. The molecule has 2 aromatic heterocycles. The lowest BCUT2D eigenvalue weighted by Crippen LogP contribution is -2.18. The van der Waals surface area contributed by atoms with Gasteiger partial charge in [0.25, 0.3) is 0 Å². The van der Waals surface area contributed by atoms with Crippen LogP contribution in [0.5, 0.6) is 0 Å². The van der Waals surface area contributed by atoms with Crippen LogP contribution >= 0.6 is 23.1 Å². The van der Waals surface area contributed by atoms with Crippen molar-refractivity contribution in [1.82, 2.24) is 19.9 Å². The molecule has 2 heterocycles. The van der Waals surface area contributed by atoms with Crippen LogP contribution in [-0.4, -0.2) is 32.0 Å². The van der Waals surface area contributed by atoms with Crippen molar-refractivity contribution >= 4 is 50.0 Å². The fourth-order valence-electron chi connectivity index (χ4n) is 2.70. The quantitative estimate of drug-likeness (QED) is 0.398. The number of benzene rings is 2. The highest BCUT2D eigenvalue weighted by Crippen LogP contribution is 2.29. The Balaban J connectivity index is 1.46. The minimum atomic E-state index is -0.0767. The molecule has 0 aliphatic carbocycles. The summed E-state index contributed by atoms with van der Waals surface area (Å²) >= 11 is 2.97. The minimum absolute atomic E-state index is 0.0300. The molecule has 0 aliphatic heterocycles. The summed E-state index contributed by atoms with van der Waals surface area (Å²) in [5.74, 6) is 0.241. The standard InChI is InChI=1S/C19H16N4O2S2/c1-12(24)20-10-13-6-8-14(9-7-13)16(25)11-26-18-21-22-19-23(18)15-4-2-3-5-17(15)27-19/h2-9H,10-11H2,1H3,(H,20,24). The number of rotatable bonds is 6. The first-order chi connectivity index (χ1) is 13.1. The average Bonchev–Trinajstić information content (AvgIpc) is 3.24. The van der Waals surface area contributed by atoms with Crippen molar-refractivity contribution in [1.29, 1.82) is 0 Å². The van der Waals surface area contributed by atoms with Crippen LogP contribution in [0, 0.1) is 0 Å². The third kappa shape index (κ3) is 3.72. The lowest BCUT2D eigenvalue weighted by Gasteiger charge is -2.04. The van der Waals surface area contributed by atoms with Crippen molar-refractivity contribution in [3.05, 3.63) is 59.7 Å². The first-order valence-electron chi connectivity index (χ1n) is 8.34. The Morgan fingerprint density at radius 3 is 2.67 bits per heavy atom. The molecular weight excluding hydrogens is 380 g/mol. The second kappa shape index (κ2) is 7.50. The van der Waals surface area contributed by atoms with Crippen LogP contribution in [0.2, 0.25) is 0 Å². The molecule has 4 aromatic rings. The van der Waals surface area contributed by atoms with Crippen LogP contribution in [-0.2, 0) is 11.3 Å². The molecule has 1 N–H and O–H groups in total. The summed E-state index contributed by atoms with van der Waals surface area (Å²) in [6, 6.07) is 15.4. The second-order valence-corrected chi connectivity index (χ2v) is 7.94. The van der Waals surface area contributed by atoms with Crippen molar-refractivity contribution in [2.45, 2.75) is 18.6 Å². The zero-order chi connectivity index (χ0) is 18.8. The maximum absolute atomic E-state index is 12.5. The van der Waals surface area contributed by atoms with Crippen molar-refractivity contribution in [2.75, 3.05) is 5.75 Å². The normalized spacial score (nSPS) is 11.1. The predicted molar refractivity (Wildman–Crippen MR) is 107 cm³/mol. The first kappa shape index (κ1) is 17.7. The van der Waals surface area contributed by atoms with Gasteiger partial charge in [-0.05, 0) is 17.7 Å². The van der Waals surface area contributed by atoms with Crippen LogP contribution in [0.15, 0.2) is 53.7 Å². The Morgan fingerprint density at radius 2 is 1.89 bits per heavy atom. The summed E-state index contributed by atoms with van der Waals surface area (Å²) in [6.45, 7) is 1.94. The Hall–Kier alpha value is -2.71. The van der Waals surface area contributed by atoms with Crippen LogP contribution in [0.25, 0.3) is 15.2 Å². The summed E-state index contributed by atoms with van der Waals surface area (Å²) in [4.78, 5) is 24.3. The number of Topliss-reactive ketones (excluding diaryl/α,β-unsaturated/α-hetero) is 1. The number of fused-ring (bicyclic) bond motifs is 3. The van der Waals surface area contributed by atoms with E-state index in [4.69, 9.17) is 0 Å². The van der Waals surface area contributed by atoms with E-state index in [2.05, 4.69) is 21.6 Å². The molecule has 0 aliphatic rings. The number of para-hydroxylation sites is 1. The fraction of sp³-hybridized carbons (Fsp3) is 0.158. The van der Waals surface area contributed by atoms with Crippen molar-refractivity contribution in [3.63, 3.8) is 0 Å². The Bertz CT molecular complexity index is 1130. The van der Waals surface area contributed by atoms with E-state index in [-0.39, 0.29) is 17.4 Å². The average molecular weight is 396 g/mol. The summed E-state index contributed by atoms with van der Waals surface area (Å²) in [6.07, 6.45) is 0. The molecule has 0 fully saturated rings. The van der Waals surface area contributed by atoms with Gasteiger partial charge in [0, 0.05) is 19.0 Å². The van der Waals surface area contributed by atoms with E-state index in [1.165, 1.54) is 18.7 Å². The number of ketones is 1. The van der Waals surface area contributed by atoms with Crippen LogP contribution < -0.4 is 5.32 Å². The molecule has 4 rings (SSSR count). The van der Waals surface area contributed by atoms with E-state index in [0.29, 0.717) is 12.1 Å². The largest absolute Gasteiger partial charge is 0.352 e. The van der Waals surface area contributed by atoms with Crippen molar-refractivity contribution in [2.24, 2.45) is 0 Å². The molecule has 8 heteroatoms. The lowest BCUT2D eigenvalue weighted by molar-refractivity contribution is -0.119. The number of thiazole rings is 1. The molecular formula is C19H16N4O2S2. The third-order valence-electron chi connectivity index (χ3n) is 4.06. The number of nitrogens with one attached hydrogen (secondary N) is 1. The maximum Gasteiger partial charge on any atom is 0.217 e. The molecule has 0 saturated carbocycles. The van der Waals surface area contributed by atoms with Gasteiger partial charge in [0.15, 0.2) is 10.9 Å². The van der Waals surface area contributed by atoms with Gasteiger partial charge in [-0.2, -0.15) is 0 Å². The smallest absolute Gasteiger partial charge is 0.217 e. The number of carbonyl (C=O) groups is 2. The van der Waals surface area contributed by atoms with Gasteiger partial charge < -0.3 is 5.32 Å². The molecule has 0 unspecified atom stereocenters. The Labute approximate surface area is 163 Å². The summed E-state index contributed by atoms with van der Waals surface area (Å²) in [5.41, 5.74) is 2.66. The molecule has 0 atom stereocenters. The SMILES string of the molecule is CC(=O)NCc1ccc(C(=O)CSc2nnc3sc4ccccc4n23)cc1. The zero-order valence-corrected chi connectivity index (χ0v) is 16.1.